The normalized spacial score (nSPS) is 17.9. The Hall–Kier alpha value is -3.74. The van der Waals surface area contributed by atoms with Gasteiger partial charge in [-0.25, -0.2) is 9.37 Å². The molecular formula is C37H51FN8O3. The van der Waals surface area contributed by atoms with Gasteiger partial charge in [0.1, 0.15) is 17.9 Å². The number of pyridine rings is 1. The van der Waals surface area contributed by atoms with E-state index in [9.17, 15) is 9.18 Å². The van der Waals surface area contributed by atoms with Gasteiger partial charge in [-0.2, -0.15) is 0 Å². The molecule has 2 aromatic heterocycles. The van der Waals surface area contributed by atoms with Gasteiger partial charge < -0.3 is 19.3 Å². The molecule has 2 fully saturated rings. The molecule has 5 heterocycles. The molecule has 49 heavy (non-hydrogen) atoms. The Morgan fingerprint density at radius 3 is 2.73 bits per heavy atom. The first-order chi connectivity index (χ1) is 23.9. The summed E-state index contributed by atoms with van der Waals surface area (Å²) in [7, 11) is 0. The predicted octanol–water partition coefficient (Wildman–Crippen LogP) is 5.35. The zero-order valence-corrected chi connectivity index (χ0v) is 29.3. The maximum Gasteiger partial charge on any atom is 0.282 e. The summed E-state index contributed by atoms with van der Waals surface area (Å²) in [6.07, 6.45) is 11.0. The molecule has 3 aliphatic rings. The van der Waals surface area contributed by atoms with Gasteiger partial charge in [-0.15, -0.1) is 10.2 Å². The van der Waals surface area contributed by atoms with Gasteiger partial charge in [0.2, 0.25) is 0 Å². The number of hydrogen-bond acceptors (Lipinski definition) is 10. The first-order valence-electron chi connectivity index (χ1n) is 18.1. The second-order valence-corrected chi connectivity index (χ2v) is 13.8. The van der Waals surface area contributed by atoms with Gasteiger partial charge in [-0.05, 0) is 107 Å². The standard InChI is InChI=1S/C37H51FN8O3/c1-4-46(27(2)3)37(47)31-23-30(38)8-9-34(31)49-36-35(40-25-41-42-36)45-19-11-28(12-20-45)22-29-10-14-39-33-13-18-43(24-32(29)33)16-7-17-44-15-5-6-21-48-26-44/h8-10,14,23,25,27-28H,4-7,11-13,15-22,24,26H2,1-3H3. The van der Waals surface area contributed by atoms with Crippen LogP contribution in [0.25, 0.3) is 0 Å². The minimum atomic E-state index is -0.503. The van der Waals surface area contributed by atoms with Crippen molar-refractivity contribution in [3.05, 3.63) is 65.0 Å². The van der Waals surface area contributed by atoms with E-state index in [1.165, 1.54) is 54.2 Å². The van der Waals surface area contributed by atoms with Gasteiger partial charge in [0.15, 0.2) is 5.82 Å². The van der Waals surface area contributed by atoms with Crippen molar-refractivity contribution in [1.82, 2.24) is 34.9 Å². The number of rotatable bonds is 12. The van der Waals surface area contributed by atoms with Gasteiger partial charge in [-0.3, -0.25) is 19.6 Å². The van der Waals surface area contributed by atoms with Crippen LogP contribution < -0.4 is 9.64 Å². The van der Waals surface area contributed by atoms with E-state index in [4.69, 9.17) is 14.5 Å². The second kappa shape index (κ2) is 16.8. The Labute approximate surface area is 289 Å². The number of carbonyl (C=O) groups is 1. The van der Waals surface area contributed by atoms with Crippen molar-refractivity contribution >= 4 is 11.7 Å². The lowest BCUT2D eigenvalue weighted by Crippen LogP contribution is -2.37. The highest BCUT2D eigenvalue weighted by atomic mass is 19.1. The first kappa shape index (κ1) is 35.1. The fourth-order valence-electron chi connectivity index (χ4n) is 7.39. The lowest BCUT2D eigenvalue weighted by Gasteiger charge is -2.34. The van der Waals surface area contributed by atoms with Gasteiger partial charge in [0.05, 0.1) is 12.3 Å². The third kappa shape index (κ3) is 8.90. The summed E-state index contributed by atoms with van der Waals surface area (Å²) in [4.78, 5) is 31.6. The number of amides is 1. The molecule has 0 N–H and O–H groups in total. The zero-order chi connectivity index (χ0) is 34.2. The van der Waals surface area contributed by atoms with E-state index in [-0.39, 0.29) is 29.1 Å². The van der Waals surface area contributed by atoms with Crippen molar-refractivity contribution < 1.29 is 18.7 Å². The number of fused-ring (bicyclic) bond motifs is 1. The number of aromatic nitrogens is 4. The lowest BCUT2D eigenvalue weighted by molar-refractivity contribution is 0.0474. The van der Waals surface area contributed by atoms with Crippen molar-refractivity contribution in [3.8, 4) is 11.6 Å². The van der Waals surface area contributed by atoms with Gasteiger partial charge in [0.25, 0.3) is 11.8 Å². The predicted molar refractivity (Wildman–Crippen MR) is 186 cm³/mol. The van der Waals surface area contributed by atoms with Crippen LogP contribution in [0.5, 0.6) is 11.6 Å². The topological polar surface area (TPSA) is 100 Å². The molecule has 0 spiro atoms. The van der Waals surface area contributed by atoms with Crippen LogP contribution in [-0.4, -0.2) is 106 Å². The number of hydrogen-bond donors (Lipinski definition) is 0. The van der Waals surface area contributed by atoms with Crippen LogP contribution in [0.2, 0.25) is 0 Å². The molecule has 1 amide bonds. The molecular weight excluding hydrogens is 623 g/mol. The maximum absolute atomic E-state index is 14.3. The van der Waals surface area contributed by atoms with Crippen LogP contribution in [-0.2, 0) is 24.1 Å². The highest BCUT2D eigenvalue weighted by molar-refractivity contribution is 5.97. The van der Waals surface area contributed by atoms with Crippen molar-refractivity contribution in [2.75, 3.05) is 64.1 Å². The summed E-state index contributed by atoms with van der Waals surface area (Å²) >= 11 is 0. The molecule has 6 rings (SSSR count). The van der Waals surface area contributed by atoms with E-state index in [2.05, 4.69) is 35.9 Å². The van der Waals surface area contributed by atoms with Crippen LogP contribution in [0.1, 0.15) is 80.1 Å². The largest absolute Gasteiger partial charge is 0.434 e. The number of benzene rings is 1. The fraction of sp³-hybridized carbons (Fsp3) is 0.595. The molecule has 0 unspecified atom stereocenters. The zero-order valence-electron chi connectivity index (χ0n) is 29.3. The summed E-state index contributed by atoms with van der Waals surface area (Å²) in [5.41, 5.74) is 4.26. The molecule has 11 nitrogen and oxygen atoms in total. The number of piperidine rings is 1. The van der Waals surface area contributed by atoms with E-state index >= 15 is 0 Å². The van der Waals surface area contributed by atoms with Crippen molar-refractivity contribution in [2.45, 2.75) is 78.3 Å². The van der Waals surface area contributed by atoms with E-state index in [1.807, 2.05) is 27.0 Å². The molecule has 0 bridgehead atoms. The van der Waals surface area contributed by atoms with Crippen molar-refractivity contribution in [3.63, 3.8) is 0 Å². The Balaban J connectivity index is 1.07. The molecule has 0 aliphatic carbocycles. The van der Waals surface area contributed by atoms with Gasteiger partial charge in [-0.1, -0.05) is 0 Å². The summed E-state index contributed by atoms with van der Waals surface area (Å²) in [5.74, 6) is 0.763. The number of halogens is 1. The van der Waals surface area contributed by atoms with Crippen LogP contribution in [0, 0.1) is 11.7 Å². The van der Waals surface area contributed by atoms with Crippen molar-refractivity contribution in [1.29, 1.82) is 0 Å². The molecule has 3 aliphatic heterocycles. The molecule has 264 valence electrons. The summed E-state index contributed by atoms with van der Waals surface area (Å²) in [6.45, 7) is 14.9. The summed E-state index contributed by atoms with van der Waals surface area (Å²) in [5, 5.41) is 8.22. The Bertz CT molecular complexity index is 1540. The Kier molecular flexibility index (Phi) is 12.0. The number of nitrogens with zero attached hydrogens (tertiary/aromatic N) is 8. The maximum atomic E-state index is 14.3. The molecule has 2 saturated heterocycles. The number of ether oxygens (including phenoxy) is 2. The SMILES string of the molecule is CCN(C(=O)c1cc(F)ccc1Oc1nncnc1N1CCC(Cc2ccnc3c2CN(CCCN2CCCCOC2)CC3)CC1)C(C)C. The minimum absolute atomic E-state index is 0.0461. The Morgan fingerprint density at radius 2 is 1.92 bits per heavy atom. The highest BCUT2D eigenvalue weighted by Gasteiger charge is 2.28. The Morgan fingerprint density at radius 1 is 1.08 bits per heavy atom. The van der Waals surface area contributed by atoms with E-state index in [0.717, 1.165) is 91.3 Å². The molecule has 12 heteroatoms. The number of anilines is 1. The first-order valence-corrected chi connectivity index (χ1v) is 18.1. The van der Waals surface area contributed by atoms with Gasteiger partial charge in [0, 0.05) is 76.8 Å². The summed E-state index contributed by atoms with van der Waals surface area (Å²) in [6, 6.07) is 6.17. The lowest BCUT2D eigenvalue weighted by atomic mass is 9.87. The fourth-order valence-corrected chi connectivity index (χ4v) is 7.39. The van der Waals surface area contributed by atoms with Crippen LogP contribution in [0.4, 0.5) is 10.2 Å². The third-order valence-corrected chi connectivity index (χ3v) is 10.1. The van der Waals surface area contributed by atoms with Crippen LogP contribution in [0.3, 0.4) is 0 Å². The monoisotopic (exact) mass is 674 g/mol. The smallest absolute Gasteiger partial charge is 0.282 e. The van der Waals surface area contributed by atoms with Crippen molar-refractivity contribution in [2.24, 2.45) is 5.92 Å². The molecule has 1 aromatic carbocycles. The van der Waals surface area contributed by atoms with E-state index in [1.54, 1.807) is 4.90 Å². The van der Waals surface area contributed by atoms with Crippen LogP contribution >= 0.6 is 0 Å². The summed E-state index contributed by atoms with van der Waals surface area (Å²) < 4.78 is 26.3. The number of carbonyl (C=O) groups excluding carboxylic acids is 1. The quantitative estimate of drug-likeness (QED) is 0.250. The van der Waals surface area contributed by atoms with E-state index in [0.29, 0.717) is 18.3 Å². The molecule has 3 aromatic rings. The molecule has 0 radical (unpaired) electrons. The van der Waals surface area contributed by atoms with Gasteiger partial charge >= 0.3 is 0 Å². The second-order valence-electron chi connectivity index (χ2n) is 13.8. The van der Waals surface area contributed by atoms with E-state index < -0.39 is 5.82 Å². The third-order valence-electron chi connectivity index (χ3n) is 10.1. The van der Waals surface area contributed by atoms with Crippen LogP contribution in [0.15, 0.2) is 36.8 Å². The molecule has 0 saturated carbocycles. The average molecular weight is 675 g/mol. The minimum Gasteiger partial charge on any atom is -0.434 e. The highest BCUT2D eigenvalue weighted by Crippen LogP contribution is 2.34. The molecule has 0 atom stereocenters. The average Bonchev–Trinajstić information content (AvgIpc) is 3.39.